The fraction of sp³-hybridized carbons (Fsp3) is 0.133. The molecule has 0 spiro atoms. The molecular formula is C15H15N3O5S. The number of nitrogens with one attached hydrogen (secondary N) is 1. The molecule has 24 heavy (non-hydrogen) atoms. The standard InChI is InChI=1S/C15H15N3O5S/c1-10(11-4-8-14(9-5-11)24(16,22)23)17-15(19)12-2-6-13(7-3-12)18(20)21/h2-10H,1H3,(H,17,19)(H2,16,22,23). The van der Waals surface area contributed by atoms with Crippen LogP contribution >= 0.6 is 0 Å². The molecule has 2 aromatic carbocycles. The number of benzene rings is 2. The molecule has 1 atom stereocenters. The van der Waals surface area contributed by atoms with Gasteiger partial charge in [-0.2, -0.15) is 0 Å². The van der Waals surface area contributed by atoms with Crippen molar-refractivity contribution in [2.24, 2.45) is 5.14 Å². The Hall–Kier alpha value is -2.78. The van der Waals surface area contributed by atoms with Crippen molar-refractivity contribution in [1.82, 2.24) is 5.32 Å². The topological polar surface area (TPSA) is 132 Å². The van der Waals surface area contributed by atoms with Crippen molar-refractivity contribution in [3.05, 3.63) is 69.8 Å². The Morgan fingerprint density at radius 1 is 1.12 bits per heavy atom. The molecule has 1 amide bonds. The van der Waals surface area contributed by atoms with Crippen LogP contribution in [0.25, 0.3) is 0 Å². The van der Waals surface area contributed by atoms with E-state index in [2.05, 4.69) is 5.32 Å². The van der Waals surface area contributed by atoms with Crippen LogP contribution in [0.5, 0.6) is 0 Å². The van der Waals surface area contributed by atoms with E-state index in [9.17, 15) is 23.3 Å². The van der Waals surface area contributed by atoms with Gasteiger partial charge < -0.3 is 5.32 Å². The van der Waals surface area contributed by atoms with Crippen LogP contribution in [0, 0.1) is 10.1 Å². The number of nitro benzene ring substituents is 1. The first-order chi connectivity index (χ1) is 11.2. The summed E-state index contributed by atoms with van der Waals surface area (Å²) in [5, 5.41) is 18.4. The van der Waals surface area contributed by atoms with Gasteiger partial charge in [0.25, 0.3) is 11.6 Å². The lowest BCUT2D eigenvalue weighted by molar-refractivity contribution is -0.384. The van der Waals surface area contributed by atoms with Crippen molar-refractivity contribution >= 4 is 21.6 Å². The Balaban J connectivity index is 2.09. The van der Waals surface area contributed by atoms with Crippen LogP contribution < -0.4 is 10.5 Å². The van der Waals surface area contributed by atoms with E-state index in [1.807, 2.05) is 0 Å². The first kappa shape index (κ1) is 17.6. The normalized spacial score (nSPS) is 12.4. The van der Waals surface area contributed by atoms with Crippen LogP contribution in [0.2, 0.25) is 0 Å². The minimum Gasteiger partial charge on any atom is -0.346 e. The highest BCUT2D eigenvalue weighted by molar-refractivity contribution is 7.89. The van der Waals surface area contributed by atoms with Gasteiger partial charge in [0, 0.05) is 17.7 Å². The molecule has 0 aliphatic rings. The fourth-order valence-electron chi connectivity index (χ4n) is 2.04. The SMILES string of the molecule is CC(NC(=O)c1ccc([N+](=O)[O-])cc1)c1ccc(S(N)(=O)=O)cc1. The Morgan fingerprint density at radius 3 is 2.12 bits per heavy atom. The van der Waals surface area contributed by atoms with Gasteiger partial charge in [0.2, 0.25) is 10.0 Å². The molecule has 0 heterocycles. The molecule has 3 N–H and O–H groups in total. The molecular weight excluding hydrogens is 334 g/mol. The quantitative estimate of drug-likeness (QED) is 0.626. The van der Waals surface area contributed by atoms with E-state index in [0.717, 1.165) is 0 Å². The number of nitrogens with two attached hydrogens (primary N) is 1. The van der Waals surface area contributed by atoms with Crippen molar-refractivity contribution in [2.75, 3.05) is 0 Å². The Bertz CT molecular complexity index is 861. The third kappa shape index (κ3) is 4.15. The van der Waals surface area contributed by atoms with Gasteiger partial charge in [-0.25, -0.2) is 13.6 Å². The number of sulfonamides is 1. The van der Waals surface area contributed by atoms with Crippen LogP contribution in [0.15, 0.2) is 53.4 Å². The molecule has 2 aromatic rings. The lowest BCUT2D eigenvalue weighted by atomic mass is 10.1. The summed E-state index contributed by atoms with van der Waals surface area (Å²) < 4.78 is 22.4. The number of primary sulfonamides is 1. The molecule has 0 aliphatic carbocycles. The largest absolute Gasteiger partial charge is 0.346 e. The predicted molar refractivity (Wildman–Crippen MR) is 86.8 cm³/mol. The molecule has 0 aromatic heterocycles. The average molecular weight is 349 g/mol. The number of carbonyl (C=O) groups excluding carboxylic acids is 1. The fourth-order valence-corrected chi connectivity index (χ4v) is 2.56. The van der Waals surface area contributed by atoms with E-state index in [-0.39, 0.29) is 22.2 Å². The zero-order chi connectivity index (χ0) is 17.9. The number of rotatable bonds is 5. The molecule has 0 radical (unpaired) electrons. The number of amides is 1. The lowest BCUT2D eigenvalue weighted by Gasteiger charge is -2.14. The van der Waals surface area contributed by atoms with E-state index >= 15 is 0 Å². The second-order valence-electron chi connectivity index (χ2n) is 5.11. The van der Waals surface area contributed by atoms with E-state index in [4.69, 9.17) is 5.14 Å². The summed E-state index contributed by atoms with van der Waals surface area (Å²) in [5.74, 6) is -0.395. The third-order valence-electron chi connectivity index (χ3n) is 3.40. The number of carbonyl (C=O) groups is 1. The van der Waals surface area contributed by atoms with E-state index < -0.39 is 20.9 Å². The summed E-state index contributed by atoms with van der Waals surface area (Å²) in [5.41, 5.74) is 0.879. The maximum atomic E-state index is 12.1. The van der Waals surface area contributed by atoms with Gasteiger partial charge in [0.15, 0.2) is 0 Å². The highest BCUT2D eigenvalue weighted by Crippen LogP contribution is 2.17. The summed E-state index contributed by atoms with van der Waals surface area (Å²) in [6.07, 6.45) is 0. The molecule has 1 unspecified atom stereocenters. The summed E-state index contributed by atoms with van der Waals surface area (Å²) in [4.78, 5) is 22.2. The predicted octanol–water partition coefficient (Wildman–Crippen LogP) is 1.73. The van der Waals surface area contributed by atoms with Gasteiger partial charge in [-0.3, -0.25) is 14.9 Å². The summed E-state index contributed by atoms with van der Waals surface area (Å²) in [7, 11) is -3.76. The van der Waals surface area contributed by atoms with Crippen LogP contribution in [-0.2, 0) is 10.0 Å². The number of nitrogens with zero attached hydrogens (tertiary/aromatic N) is 1. The van der Waals surface area contributed by atoms with Gasteiger partial charge in [0.1, 0.15) is 0 Å². The first-order valence-electron chi connectivity index (χ1n) is 6.86. The maximum Gasteiger partial charge on any atom is 0.269 e. The smallest absolute Gasteiger partial charge is 0.269 e. The second-order valence-corrected chi connectivity index (χ2v) is 6.67. The molecule has 0 fully saturated rings. The van der Waals surface area contributed by atoms with Crippen molar-refractivity contribution in [3.63, 3.8) is 0 Å². The summed E-state index contributed by atoms with van der Waals surface area (Å²) in [6, 6.07) is 10.7. The zero-order valence-electron chi connectivity index (χ0n) is 12.7. The number of hydrogen-bond donors (Lipinski definition) is 2. The zero-order valence-corrected chi connectivity index (χ0v) is 13.5. The molecule has 0 saturated carbocycles. The van der Waals surface area contributed by atoms with Crippen molar-refractivity contribution in [1.29, 1.82) is 0 Å². The maximum absolute atomic E-state index is 12.1. The van der Waals surface area contributed by atoms with E-state index in [1.54, 1.807) is 19.1 Å². The Labute approximate surface area is 138 Å². The lowest BCUT2D eigenvalue weighted by Crippen LogP contribution is -2.26. The molecule has 9 heteroatoms. The molecule has 0 bridgehead atoms. The van der Waals surface area contributed by atoms with Crippen LogP contribution in [0.1, 0.15) is 28.9 Å². The summed E-state index contributed by atoms with van der Waals surface area (Å²) in [6.45, 7) is 1.73. The Morgan fingerprint density at radius 2 is 1.67 bits per heavy atom. The van der Waals surface area contributed by atoms with Gasteiger partial charge in [-0.1, -0.05) is 12.1 Å². The summed E-state index contributed by atoms with van der Waals surface area (Å²) >= 11 is 0. The molecule has 126 valence electrons. The first-order valence-corrected chi connectivity index (χ1v) is 8.41. The van der Waals surface area contributed by atoms with E-state index in [0.29, 0.717) is 5.56 Å². The highest BCUT2D eigenvalue weighted by atomic mass is 32.2. The van der Waals surface area contributed by atoms with Crippen LogP contribution in [0.4, 0.5) is 5.69 Å². The van der Waals surface area contributed by atoms with Crippen molar-refractivity contribution in [2.45, 2.75) is 17.9 Å². The van der Waals surface area contributed by atoms with Crippen molar-refractivity contribution in [3.8, 4) is 0 Å². The molecule has 0 aliphatic heterocycles. The van der Waals surface area contributed by atoms with Crippen LogP contribution in [0.3, 0.4) is 0 Å². The third-order valence-corrected chi connectivity index (χ3v) is 4.33. The van der Waals surface area contributed by atoms with Crippen LogP contribution in [-0.4, -0.2) is 19.2 Å². The number of nitro groups is 1. The average Bonchev–Trinajstić information content (AvgIpc) is 2.54. The monoisotopic (exact) mass is 349 g/mol. The number of non-ortho nitro benzene ring substituents is 1. The van der Waals surface area contributed by atoms with Gasteiger partial charge in [-0.05, 0) is 36.8 Å². The van der Waals surface area contributed by atoms with Crippen molar-refractivity contribution < 1.29 is 18.1 Å². The minimum atomic E-state index is -3.76. The molecule has 0 saturated heterocycles. The number of hydrogen-bond acceptors (Lipinski definition) is 5. The van der Waals surface area contributed by atoms with E-state index in [1.165, 1.54) is 36.4 Å². The molecule has 8 nitrogen and oxygen atoms in total. The Kier molecular flexibility index (Phi) is 4.96. The second kappa shape index (κ2) is 6.77. The van der Waals surface area contributed by atoms with Gasteiger partial charge in [0.05, 0.1) is 15.9 Å². The van der Waals surface area contributed by atoms with Gasteiger partial charge in [-0.15, -0.1) is 0 Å². The van der Waals surface area contributed by atoms with Gasteiger partial charge >= 0.3 is 0 Å². The highest BCUT2D eigenvalue weighted by Gasteiger charge is 2.14. The molecule has 2 rings (SSSR count). The minimum absolute atomic E-state index is 0.0138.